The molecule has 5 nitrogen and oxygen atoms in total. The molecular weight excluding hydrogens is 333 g/mol. The SMILES string of the molecule is Clc1cccc(Nc2cc(NCc3cccnc3)ncn2)c1Cl. The van der Waals surface area contributed by atoms with Crippen LogP contribution in [0.1, 0.15) is 5.56 Å². The molecule has 2 aromatic heterocycles. The van der Waals surface area contributed by atoms with E-state index in [1.54, 1.807) is 24.5 Å². The van der Waals surface area contributed by atoms with Crippen LogP contribution in [0.2, 0.25) is 10.0 Å². The van der Waals surface area contributed by atoms with Gasteiger partial charge < -0.3 is 10.6 Å². The number of hydrogen-bond acceptors (Lipinski definition) is 5. The van der Waals surface area contributed by atoms with E-state index in [2.05, 4.69) is 25.6 Å². The van der Waals surface area contributed by atoms with Crippen LogP contribution in [0.4, 0.5) is 17.3 Å². The third-order valence-electron chi connectivity index (χ3n) is 3.08. The van der Waals surface area contributed by atoms with Crippen molar-refractivity contribution in [2.45, 2.75) is 6.54 Å². The number of nitrogens with zero attached hydrogens (tertiary/aromatic N) is 3. The van der Waals surface area contributed by atoms with E-state index in [1.165, 1.54) is 6.33 Å². The van der Waals surface area contributed by atoms with Gasteiger partial charge >= 0.3 is 0 Å². The summed E-state index contributed by atoms with van der Waals surface area (Å²) in [5.74, 6) is 1.32. The fraction of sp³-hybridized carbons (Fsp3) is 0.0625. The second-order valence-corrected chi connectivity index (χ2v) is 5.51. The van der Waals surface area contributed by atoms with Gasteiger partial charge in [-0.3, -0.25) is 4.98 Å². The minimum Gasteiger partial charge on any atom is -0.366 e. The largest absolute Gasteiger partial charge is 0.366 e. The van der Waals surface area contributed by atoms with E-state index in [-0.39, 0.29) is 0 Å². The zero-order valence-electron chi connectivity index (χ0n) is 12.0. The van der Waals surface area contributed by atoms with Crippen molar-refractivity contribution in [3.63, 3.8) is 0 Å². The molecular formula is C16H13Cl2N5. The Labute approximate surface area is 143 Å². The molecule has 7 heteroatoms. The van der Waals surface area contributed by atoms with Crippen molar-refractivity contribution in [2.24, 2.45) is 0 Å². The first-order valence-electron chi connectivity index (χ1n) is 6.88. The molecule has 0 aliphatic carbocycles. The molecule has 23 heavy (non-hydrogen) atoms. The Bertz CT molecular complexity index is 795. The quantitative estimate of drug-likeness (QED) is 0.710. The van der Waals surface area contributed by atoms with Gasteiger partial charge in [-0.25, -0.2) is 9.97 Å². The maximum absolute atomic E-state index is 6.16. The number of rotatable bonds is 5. The summed E-state index contributed by atoms with van der Waals surface area (Å²) < 4.78 is 0. The molecule has 0 saturated heterocycles. The minimum atomic E-state index is 0.456. The van der Waals surface area contributed by atoms with Crippen LogP contribution in [0.3, 0.4) is 0 Å². The molecule has 2 heterocycles. The van der Waals surface area contributed by atoms with Gasteiger partial charge in [0.1, 0.15) is 18.0 Å². The van der Waals surface area contributed by atoms with Crippen LogP contribution in [0.25, 0.3) is 0 Å². The predicted octanol–water partition coefficient (Wildman–Crippen LogP) is 4.53. The second-order valence-electron chi connectivity index (χ2n) is 4.73. The lowest BCUT2D eigenvalue weighted by Gasteiger charge is -2.10. The van der Waals surface area contributed by atoms with Crippen molar-refractivity contribution in [3.05, 3.63) is 70.7 Å². The van der Waals surface area contributed by atoms with E-state index in [1.807, 2.05) is 24.3 Å². The number of benzene rings is 1. The van der Waals surface area contributed by atoms with Crippen LogP contribution in [0, 0.1) is 0 Å². The van der Waals surface area contributed by atoms with Gasteiger partial charge in [-0.15, -0.1) is 0 Å². The molecule has 0 atom stereocenters. The van der Waals surface area contributed by atoms with Gasteiger partial charge in [0, 0.05) is 25.0 Å². The normalized spacial score (nSPS) is 10.3. The average Bonchev–Trinajstić information content (AvgIpc) is 2.59. The molecule has 0 spiro atoms. The number of aromatic nitrogens is 3. The first-order valence-corrected chi connectivity index (χ1v) is 7.64. The average molecular weight is 346 g/mol. The van der Waals surface area contributed by atoms with E-state index < -0.39 is 0 Å². The zero-order chi connectivity index (χ0) is 16.1. The summed E-state index contributed by atoms with van der Waals surface area (Å²) in [6.07, 6.45) is 5.02. The Morgan fingerprint density at radius 3 is 2.70 bits per heavy atom. The predicted molar refractivity (Wildman–Crippen MR) is 93.3 cm³/mol. The lowest BCUT2D eigenvalue weighted by molar-refractivity contribution is 1.07. The van der Waals surface area contributed by atoms with Crippen molar-refractivity contribution in [1.29, 1.82) is 0 Å². The maximum Gasteiger partial charge on any atom is 0.135 e. The van der Waals surface area contributed by atoms with E-state index in [0.29, 0.717) is 33.9 Å². The molecule has 0 fully saturated rings. The highest BCUT2D eigenvalue weighted by Crippen LogP contribution is 2.31. The molecule has 0 bridgehead atoms. The molecule has 0 saturated carbocycles. The molecule has 0 unspecified atom stereocenters. The smallest absolute Gasteiger partial charge is 0.135 e. The zero-order valence-corrected chi connectivity index (χ0v) is 13.5. The van der Waals surface area contributed by atoms with Crippen molar-refractivity contribution >= 4 is 40.5 Å². The highest BCUT2D eigenvalue weighted by molar-refractivity contribution is 6.43. The Hall–Kier alpha value is -2.37. The molecule has 0 amide bonds. The third kappa shape index (κ3) is 4.09. The van der Waals surface area contributed by atoms with Gasteiger partial charge in [0.2, 0.25) is 0 Å². The van der Waals surface area contributed by atoms with Crippen LogP contribution >= 0.6 is 23.2 Å². The van der Waals surface area contributed by atoms with E-state index in [0.717, 1.165) is 5.56 Å². The van der Waals surface area contributed by atoms with Crippen LogP contribution in [0.15, 0.2) is 55.1 Å². The molecule has 0 aliphatic heterocycles. The van der Waals surface area contributed by atoms with E-state index in [9.17, 15) is 0 Å². The first kappa shape index (κ1) is 15.5. The van der Waals surface area contributed by atoms with Gasteiger partial charge in [0.15, 0.2) is 0 Å². The van der Waals surface area contributed by atoms with Gasteiger partial charge in [-0.2, -0.15) is 0 Å². The first-order chi connectivity index (χ1) is 11.2. The second kappa shape index (κ2) is 7.26. The molecule has 116 valence electrons. The number of halogens is 2. The summed E-state index contributed by atoms with van der Waals surface area (Å²) in [5.41, 5.74) is 1.76. The highest BCUT2D eigenvalue weighted by atomic mass is 35.5. The molecule has 2 N–H and O–H groups in total. The molecule has 3 rings (SSSR count). The number of hydrogen-bond donors (Lipinski definition) is 2. The van der Waals surface area contributed by atoms with Gasteiger partial charge in [-0.1, -0.05) is 35.3 Å². The standard InChI is InChI=1S/C16H13Cl2N5/c17-12-4-1-5-13(16(12)18)23-15-7-14(21-10-22-15)20-9-11-3-2-6-19-8-11/h1-8,10H,9H2,(H2,20,21,22,23). The van der Waals surface area contributed by atoms with E-state index >= 15 is 0 Å². The fourth-order valence-corrected chi connectivity index (χ4v) is 2.30. The Kier molecular flexibility index (Phi) is 4.90. The summed E-state index contributed by atoms with van der Waals surface area (Å²) in [6.45, 7) is 0.627. The van der Waals surface area contributed by atoms with Gasteiger partial charge in [-0.05, 0) is 23.8 Å². The maximum atomic E-state index is 6.16. The number of anilines is 3. The lowest BCUT2D eigenvalue weighted by Crippen LogP contribution is -2.03. The van der Waals surface area contributed by atoms with Crippen LogP contribution in [0.5, 0.6) is 0 Å². The van der Waals surface area contributed by atoms with Crippen molar-refractivity contribution in [3.8, 4) is 0 Å². The van der Waals surface area contributed by atoms with Gasteiger partial charge in [0.05, 0.1) is 15.7 Å². The molecule has 0 radical (unpaired) electrons. The Balaban J connectivity index is 1.71. The molecule has 0 aliphatic rings. The molecule has 3 aromatic rings. The van der Waals surface area contributed by atoms with Crippen LogP contribution in [-0.4, -0.2) is 15.0 Å². The van der Waals surface area contributed by atoms with Crippen LogP contribution < -0.4 is 10.6 Å². The topological polar surface area (TPSA) is 62.7 Å². The summed E-state index contributed by atoms with van der Waals surface area (Å²) in [6, 6.07) is 11.1. The van der Waals surface area contributed by atoms with Crippen molar-refractivity contribution in [1.82, 2.24) is 15.0 Å². The number of pyridine rings is 1. The Morgan fingerprint density at radius 1 is 1.00 bits per heavy atom. The summed E-state index contributed by atoms with van der Waals surface area (Å²) >= 11 is 12.2. The van der Waals surface area contributed by atoms with Crippen LogP contribution in [-0.2, 0) is 6.54 Å². The monoisotopic (exact) mass is 345 g/mol. The summed E-state index contributed by atoms with van der Waals surface area (Å²) in [5, 5.41) is 7.30. The van der Waals surface area contributed by atoms with Crippen molar-refractivity contribution in [2.75, 3.05) is 10.6 Å². The Morgan fingerprint density at radius 2 is 1.87 bits per heavy atom. The van der Waals surface area contributed by atoms with Crippen molar-refractivity contribution < 1.29 is 0 Å². The third-order valence-corrected chi connectivity index (χ3v) is 3.90. The molecule has 1 aromatic carbocycles. The summed E-state index contributed by atoms with van der Waals surface area (Å²) in [4.78, 5) is 12.5. The minimum absolute atomic E-state index is 0.456. The van der Waals surface area contributed by atoms with Gasteiger partial charge in [0.25, 0.3) is 0 Å². The fourth-order valence-electron chi connectivity index (χ4n) is 1.96. The summed E-state index contributed by atoms with van der Waals surface area (Å²) in [7, 11) is 0. The lowest BCUT2D eigenvalue weighted by atomic mass is 10.3. The highest BCUT2D eigenvalue weighted by Gasteiger charge is 2.06. The van der Waals surface area contributed by atoms with E-state index in [4.69, 9.17) is 23.2 Å². The number of nitrogens with one attached hydrogen (secondary N) is 2.